The lowest BCUT2D eigenvalue weighted by Gasteiger charge is -2.19. The van der Waals surface area contributed by atoms with Gasteiger partial charge in [0.2, 0.25) is 11.0 Å². The number of para-hydroxylation sites is 1. The van der Waals surface area contributed by atoms with Gasteiger partial charge in [-0.2, -0.15) is 4.98 Å². The van der Waals surface area contributed by atoms with Gasteiger partial charge in [0.1, 0.15) is 0 Å². The zero-order chi connectivity index (χ0) is 17.9. The maximum Gasteiger partial charge on any atom is 0.247 e. The zero-order valence-corrected chi connectivity index (χ0v) is 16.1. The molecule has 0 amide bonds. The SMILES string of the molecule is C=CCSc1nnc2c(n1)O[C@@H](c1ccc(Br)cc1)Nc1ccccc1-2. The summed E-state index contributed by atoms with van der Waals surface area (Å²) in [6, 6.07) is 15.9. The van der Waals surface area contributed by atoms with Crippen LogP contribution in [-0.4, -0.2) is 20.9 Å². The van der Waals surface area contributed by atoms with Crippen molar-refractivity contribution in [2.24, 2.45) is 0 Å². The Labute approximate surface area is 164 Å². The Balaban J connectivity index is 1.79. The zero-order valence-electron chi connectivity index (χ0n) is 13.7. The quantitative estimate of drug-likeness (QED) is 0.463. The first-order valence-electron chi connectivity index (χ1n) is 8.01. The van der Waals surface area contributed by atoms with Crippen LogP contribution in [0.1, 0.15) is 11.8 Å². The van der Waals surface area contributed by atoms with E-state index in [0.29, 0.717) is 22.5 Å². The molecule has 0 spiro atoms. The predicted molar refractivity (Wildman–Crippen MR) is 107 cm³/mol. The molecule has 5 nitrogen and oxygen atoms in total. The van der Waals surface area contributed by atoms with Crippen molar-refractivity contribution in [2.75, 3.05) is 11.1 Å². The van der Waals surface area contributed by atoms with Crippen LogP contribution in [0.5, 0.6) is 5.88 Å². The lowest BCUT2D eigenvalue weighted by molar-refractivity contribution is 0.225. The summed E-state index contributed by atoms with van der Waals surface area (Å²) >= 11 is 4.94. The minimum atomic E-state index is -0.376. The van der Waals surface area contributed by atoms with Crippen molar-refractivity contribution in [2.45, 2.75) is 11.4 Å². The monoisotopic (exact) mass is 426 g/mol. The lowest BCUT2D eigenvalue weighted by Crippen LogP contribution is -2.17. The molecule has 0 bridgehead atoms. The third-order valence-corrected chi connectivity index (χ3v) is 5.20. The number of nitrogens with one attached hydrogen (secondary N) is 1. The van der Waals surface area contributed by atoms with Crippen LogP contribution >= 0.6 is 27.7 Å². The molecule has 0 fully saturated rings. The van der Waals surface area contributed by atoms with Crippen LogP contribution < -0.4 is 10.1 Å². The maximum atomic E-state index is 6.21. The number of fused-ring (bicyclic) bond motifs is 3. The van der Waals surface area contributed by atoms with Crippen LogP contribution in [0.2, 0.25) is 0 Å². The molecule has 0 unspecified atom stereocenters. The summed E-state index contributed by atoms with van der Waals surface area (Å²) < 4.78 is 7.22. The molecule has 0 aliphatic carbocycles. The highest BCUT2D eigenvalue weighted by Crippen LogP contribution is 2.39. The van der Waals surface area contributed by atoms with Crippen LogP contribution in [0, 0.1) is 0 Å². The molecule has 1 aliphatic rings. The van der Waals surface area contributed by atoms with E-state index in [9.17, 15) is 0 Å². The van der Waals surface area contributed by atoms with Crippen molar-refractivity contribution < 1.29 is 4.74 Å². The van der Waals surface area contributed by atoms with Gasteiger partial charge in [-0.15, -0.1) is 16.8 Å². The van der Waals surface area contributed by atoms with E-state index in [4.69, 9.17) is 4.74 Å². The van der Waals surface area contributed by atoms with Crippen LogP contribution in [0.4, 0.5) is 5.69 Å². The number of benzene rings is 2. The van der Waals surface area contributed by atoms with E-state index in [2.05, 4.69) is 43.0 Å². The summed E-state index contributed by atoms with van der Waals surface area (Å²) in [5.74, 6) is 1.18. The van der Waals surface area contributed by atoms with Gasteiger partial charge in [0.15, 0.2) is 11.9 Å². The summed E-state index contributed by atoms with van der Waals surface area (Å²) in [6.45, 7) is 3.72. The molecule has 2 aromatic carbocycles. The Kier molecular flexibility index (Phi) is 4.90. The van der Waals surface area contributed by atoms with Crippen molar-refractivity contribution in [3.05, 3.63) is 71.2 Å². The minimum Gasteiger partial charge on any atom is -0.448 e. The molecule has 2 heterocycles. The van der Waals surface area contributed by atoms with Crippen molar-refractivity contribution in [1.29, 1.82) is 0 Å². The molecule has 130 valence electrons. The van der Waals surface area contributed by atoms with Crippen molar-refractivity contribution in [1.82, 2.24) is 15.2 Å². The average Bonchev–Trinajstić information content (AvgIpc) is 2.83. The molecule has 7 heteroatoms. The number of ether oxygens (including phenoxy) is 1. The van der Waals surface area contributed by atoms with Gasteiger partial charge in [0, 0.05) is 27.0 Å². The van der Waals surface area contributed by atoms with Gasteiger partial charge < -0.3 is 10.1 Å². The molecule has 3 aromatic rings. The van der Waals surface area contributed by atoms with E-state index in [1.807, 2.05) is 54.6 Å². The summed E-state index contributed by atoms with van der Waals surface area (Å²) in [4.78, 5) is 4.57. The van der Waals surface area contributed by atoms with E-state index in [1.165, 1.54) is 11.8 Å². The highest BCUT2D eigenvalue weighted by molar-refractivity contribution is 9.10. The third kappa shape index (κ3) is 3.45. The summed E-state index contributed by atoms with van der Waals surface area (Å²) in [5.41, 5.74) is 3.48. The van der Waals surface area contributed by atoms with Crippen molar-refractivity contribution >= 4 is 33.4 Å². The van der Waals surface area contributed by atoms with Gasteiger partial charge in [0.05, 0.1) is 0 Å². The normalized spacial score (nSPS) is 15.0. The lowest BCUT2D eigenvalue weighted by atomic mass is 10.1. The Morgan fingerprint density at radius 2 is 1.96 bits per heavy atom. The fourth-order valence-corrected chi connectivity index (χ4v) is 3.41. The van der Waals surface area contributed by atoms with Crippen LogP contribution in [-0.2, 0) is 0 Å². The second-order valence-corrected chi connectivity index (χ2v) is 7.49. The summed E-state index contributed by atoms with van der Waals surface area (Å²) in [6.07, 6.45) is 1.43. The minimum absolute atomic E-state index is 0.376. The number of halogens is 1. The van der Waals surface area contributed by atoms with E-state index in [0.717, 1.165) is 21.3 Å². The van der Waals surface area contributed by atoms with Gasteiger partial charge in [-0.05, 0) is 18.2 Å². The Bertz CT molecular complexity index is 949. The highest BCUT2D eigenvalue weighted by Gasteiger charge is 2.25. The van der Waals surface area contributed by atoms with Crippen LogP contribution in [0.25, 0.3) is 11.3 Å². The molecule has 26 heavy (non-hydrogen) atoms. The third-order valence-electron chi connectivity index (χ3n) is 3.84. The topological polar surface area (TPSA) is 59.9 Å². The molecule has 1 atom stereocenters. The Hall–Kier alpha value is -2.38. The second-order valence-electron chi connectivity index (χ2n) is 5.59. The number of hydrogen-bond acceptors (Lipinski definition) is 6. The molecule has 4 rings (SSSR count). The smallest absolute Gasteiger partial charge is 0.247 e. The molecule has 1 aromatic heterocycles. The Morgan fingerprint density at radius 1 is 1.15 bits per heavy atom. The maximum absolute atomic E-state index is 6.21. The fourth-order valence-electron chi connectivity index (χ4n) is 2.63. The number of hydrogen-bond donors (Lipinski definition) is 1. The van der Waals surface area contributed by atoms with E-state index in [1.54, 1.807) is 0 Å². The Morgan fingerprint density at radius 3 is 2.77 bits per heavy atom. The van der Waals surface area contributed by atoms with Crippen LogP contribution in [0.15, 0.2) is 70.8 Å². The van der Waals surface area contributed by atoms with Crippen molar-refractivity contribution in [3.8, 4) is 17.1 Å². The molecular formula is C19H15BrN4OS. The summed E-state index contributed by atoms with van der Waals surface area (Å²) in [7, 11) is 0. The van der Waals surface area contributed by atoms with Gasteiger partial charge in [0.25, 0.3) is 0 Å². The number of rotatable bonds is 4. The van der Waals surface area contributed by atoms with Gasteiger partial charge in [-0.1, -0.05) is 64.1 Å². The van der Waals surface area contributed by atoms with Gasteiger partial charge in [-0.25, -0.2) is 0 Å². The highest BCUT2D eigenvalue weighted by atomic mass is 79.9. The molecule has 1 aliphatic heterocycles. The molecule has 1 N–H and O–H groups in total. The molecule has 0 saturated heterocycles. The van der Waals surface area contributed by atoms with Crippen molar-refractivity contribution in [3.63, 3.8) is 0 Å². The molecular weight excluding hydrogens is 412 g/mol. The van der Waals surface area contributed by atoms with E-state index in [-0.39, 0.29) is 6.23 Å². The number of aromatic nitrogens is 3. The first kappa shape index (κ1) is 17.1. The van der Waals surface area contributed by atoms with E-state index < -0.39 is 0 Å². The molecule has 0 saturated carbocycles. The van der Waals surface area contributed by atoms with Gasteiger partial charge in [-0.3, -0.25) is 0 Å². The number of nitrogens with zero attached hydrogens (tertiary/aromatic N) is 3. The van der Waals surface area contributed by atoms with E-state index >= 15 is 0 Å². The fraction of sp³-hybridized carbons (Fsp3) is 0.105. The molecule has 0 radical (unpaired) electrons. The largest absolute Gasteiger partial charge is 0.448 e. The predicted octanol–water partition coefficient (Wildman–Crippen LogP) is 5.08. The second kappa shape index (κ2) is 7.47. The standard InChI is InChI=1S/C19H15BrN4OS/c1-2-11-26-19-22-18-16(23-24-19)14-5-3-4-6-15(14)21-17(25-18)12-7-9-13(20)10-8-12/h2-10,17,21H,1,11H2/t17-/m0/s1. The average molecular weight is 427 g/mol. The first-order valence-corrected chi connectivity index (χ1v) is 9.79. The first-order chi connectivity index (χ1) is 12.7. The summed E-state index contributed by atoms with van der Waals surface area (Å²) in [5, 5.41) is 12.6. The number of thioether (sulfide) groups is 1. The van der Waals surface area contributed by atoms with Gasteiger partial charge >= 0.3 is 0 Å². The van der Waals surface area contributed by atoms with Crippen LogP contribution in [0.3, 0.4) is 0 Å². The number of anilines is 1.